The van der Waals surface area contributed by atoms with Crippen molar-refractivity contribution in [3.63, 3.8) is 0 Å². The van der Waals surface area contributed by atoms with Crippen LogP contribution in [0.3, 0.4) is 0 Å². The topological polar surface area (TPSA) is 67.6 Å². The molecule has 0 aromatic heterocycles. The summed E-state index contributed by atoms with van der Waals surface area (Å²) in [6.45, 7) is 6.44. The minimum Gasteiger partial charge on any atom is -0.374 e. The standard InChI is InChI=1S/C10H21N3O2/c1-2-12-10(14)3-4-13-5-6-15-9(7-11)8-13/h9H,2-8,11H2,1H3,(H,12,14). The van der Waals surface area contributed by atoms with Crippen molar-refractivity contribution in [2.24, 2.45) is 5.73 Å². The number of morpholine rings is 1. The van der Waals surface area contributed by atoms with Crippen molar-refractivity contribution in [1.29, 1.82) is 0 Å². The summed E-state index contributed by atoms with van der Waals surface area (Å²) in [5.41, 5.74) is 5.54. The number of nitrogens with one attached hydrogen (secondary N) is 1. The molecule has 1 aliphatic heterocycles. The minimum absolute atomic E-state index is 0.119. The summed E-state index contributed by atoms with van der Waals surface area (Å²) in [6, 6.07) is 0. The zero-order valence-corrected chi connectivity index (χ0v) is 9.37. The Balaban J connectivity index is 2.17. The van der Waals surface area contributed by atoms with Gasteiger partial charge in [-0.25, -0.2) is 0 Å². The number of rotatable bonds is 5. The predicted octanol–water partition coefficient (Wildman–Crippen LogP) is -0.828. The number of ether oxygens (including phenoxy) is 1. The van der Waals surface area contributed by atoms with Gasteiger partial charge in [-0.05, 0) is 6.92 Å². The maximum atomic E-state index is 11.2. The number of carbonyl (C=O) groups excluding carboxylic acids is 1. The first-order chi connectivity index (χ1) is 7.26. The van der Waals surface area contributed by atoms with Crippen LogP contribution >= 0.6 is 0 Å². The van der Waals surface area contributed by atoms with E-state index in [1.807, 2.05) is 6.92 Å². The van der Waals surface area contributed by atoms with Crippen molar-refractivity contribution in [3.8, 4) is 0 Å². The third-order valence-electron chi connectivity index (χ3n) is 2.51. The molecule has 1 heterocycles. The monoisotopic (exact) mass is 215 g/mol. The summed E-state index contributed by atoms with van der Waals surface area (Å²) in [5, 5.41) is 2.79. The lowest BCUT2D eigenvalue weighted by Gasteiger charge is -2.32. The fraction of sp³-hybridized carbons (Fsp3) is 0.900. The second-order valence-corrected chi connectivity index (χ2v) is 3.73. The molecule has 0 bridgehead atoms. The van der Waals surface area contributed by atoms with Crippen molar-refractivity contribution < 1.29 is 9.53 Å². The summed E-state index contributed by atoms with van der Waals surface area (Å²) in [6.07, 6.45) is 0.693. The number of nitrogens with zero attached hydrogens (tertiary/aromatic N) is 1. The molecule has 5 heteroatoms. The van der Waals surface area contributed by atoms with E-state index >= 15 is 0 Å². The van der Waals surface area contributed by atoms with Gasteiger partial charge in [-0.15, -0.1) is 0 Å². The molecule has 1 aliphatic rings. The quantitative estimate of drug-likeness (QED) is 0.628. The van der Waals surface area contributed by atoms with Gasteiger partial charge >= 0.3 is 0 Å². The van der Waals surface area contributed by atoms with Crippen molar-refractivity contribution in [2.45, 2.75) is 19.4 Å². The van der Waals surface area contributed by atoms with Crippen LogP contribution in [0.2, 0.25) is 0 Å². The number of amides is 1. The zero-order chi connectivity index (χ0) is 11.1. The summed E-state index contributed by atoms with van der Waals surface area (Å²) in [5.74, 6) is 0.119. The fourth-order valence-corrected chi connectivity index (χ4v) is 1.67. The van der Waals surface area contributed by atoms with E-state index in [0.717, 1.165) is 26.2 Å². The fourth-order valence-electron chi connectivity index (χ4n) is 1.67. The average Bonchev–Trinajstić information content (AvgIpc) is 2.27. The van der Waals surface area contributed by atoms with Crippen LogP contribution in [0.4, 0.5) is 0 Å². The van der Waals surface area contributed by atoms with Crippen molar-refractivity contribution in [2.75, 3.05) is 39.3 Å². The molecule has 1 atom stereocenters. The van der Waals surface area contributed by atoms with Crippen LogP contribution < -0.4 is 11.1 Å². The zero-order valence-electron chi connectivity index (χ0n) is 9.37. The summed E-state index contributed by atoms with van der Waals surface area (Å²) < 4.78 is 5.44. The SMILES string of the molecule is CCNC(=O)CCN1CCOC(CN)C1. The van der Waals surface area contributed by atoms with E-state index in [-0.39, 0.29) is 12.0 Å². The Morgan fingerprint density at radius 2 is 2.47 bits per heavy atom. The number of carbonyl (C=O) groups is 1. The maximum Gasteiger partial charge on any atom is 0.221 e. The average molecular weight is 215 g/mol. The van der Waals surface area contributed by atoms with Gasteiger partial charge in [-0.1, -0.05) is 0 Å². The predicted molar refractivity (Wildman–Crippen MR) is 58.5 cm³/mol. The highest BCUT2D eigenvalue weighted by molar-refractivity contribution is 5.75. The van der Waals surface area contributed by atoms with Gasteiger partial charge in [-0.3, -0.25) is 9.69 Å². The molecule has 1 amide bonds. The summed E-state index contributed by atoms with van der Waals surface area (Å²) in [7, 11) is 0. The molecule has 1 rings (SSSR count). The highest BCUT2D eigenvalue weighted by Gasteiger charge is 2.19. The van der Waals surface area contributed by atoms with Crippen LogP contribution in [0.15, 0.2) is 0 Å². The van der Waals surface area contributed by atoms with Gasteiger partial charge in [0.05, 0.1) is 12.7 Å². The van der Waals surface area contributed by atoms with Gasteiger partial charge < -0.3 is 15.8 Å². The molecule has 1 saturated heterocycles. The van der Waals surface area contributed by atoms with Crippen LogP contribution in [-0.4, -0.2) is 56.2 Å². The highest BCUT2D eigenvalue weighted by atomic mass is 16.5. The third-order valence-corrected chi connectivity index (χ3v) is 2.51. The third kappa shape index (κ3) is 4.59. The Kier molecular flexibility index (Phi) is 5.60. The van der Waals surface area contributed by atoms with Gasteiger partial charge in [-0.2, -0.15) is 0 Å². The molecule has 88 valence electrons. The van der Waals surface area contributed by atoms with Gasteiger partial charge in [0.15, 0.2) is 0 Å². The normalized spacial score (nSPS) is 22.7. The Labute approximate surface area is 90.9 Å². The Morgan fingerprint density at radius 3 is 3.13 bits per heavy atom. The van der Waals surface area contributed by atoms with Crippen LogP contribution in [0.1, 0.15) is 13.3 Å². The molecule has 3 N–H and O–H groups in total. The van der Waals surface area contributed by atoms with Crippen LogP contribution in [0.25, 0.3) is 0 Å². The lowest BCUT2D eigenvalue weighted by molar-refractivity contribution is -0.121. The first kappa shape index (κ1) is 12.4. The van der Waals surface area contributed by atoms with Crippen molar-refractivity contribution in [3.05, 3.63) is 0 Å². The second kappa shape index (κ2) is 6.76. The Morgan fingerprint density at radius 1 is 1.67 bits per heavy atom. The summed E-state index contributed by atoms with van der Waals surface area (Å²) >= 11 is 0. The maximum absolute atomic E-state index is 11.2. The number of hydrogen-bond acceptors (Lipinski definition) is 4. The molecule has 0 saturated carbocycles. The van der Waals surface area contributed by atoms with E-state index < -0.39 is 0 Å². The first-order valence-electron chi connectivity index (χ1n) is 5.57. The molecule has 0 aliphatic carbocycles. The lowest BCUT2D eigenvalue weighted by atomic mass is 10.2. The highest BCUT2D eigenvalue weighted by Crippen LogP contribution is 2.04. The molecular formula is C10H21N3O2. The molecular weight excluding hydrogens is 194 g/mol. The number of hydrogen-bond donors (Lipinski definition) is 2. The second-order valence-electron chi connectivity index (χ2n) is 3.73. The largest absolute Gasteiger partial charge is 0.374 e. The van der Waals surface area contributed by atoms with Gasteiger partial charge in [0.1, 0.15) is 0 Å². The van der Waals surface area contributed by atoms with E-state index in [1.165, 1.54) is 0 Å². The minimum atomic E-state index is 0.119. The molecule has 1 fully saturated rings. The van der Waals surface area contributed by atoms with Crippen LogP contribution in [0.5, 0.6) is 0 Å². The van der Waals surface area contributed by atoms with Crippen molar-refractivity contribution >= 4 is 5.91 Å². The van der Waals surface area contributed by atoms with Crippen LogP contribution in [-0.2, 0) is 9.53 Å². The number of nitrogens with two attached hydrogens (primary N) is 1. The van der Waals surface area contributed by atoms with E-state index in [2.05, 4.69) is 10.2 Å². The van der Waals surface area contributed by atoms with Crippen molar-refractivity contribution in [1.82, 2.24) is 10.2 Å². The molecule has 15 heavy (non-hydrogen) atoms. The lowest BCUT2D eigenvalue weighted by Crippen LogP contribution is -2.46. The molecule has 1 unspecified atom stereocenters. The van der Waals surface area contributed by atoms with Crippen LogP contribution in [0, 0.1) is 0 Å². The van der Waals surface area contributed by atoms with E-state index in [4.69, 9.17) is 10.5 Å². The molecule has 0 aromatic carbocycles. The molecule has 5 nitrogen and oxygen atoms in total. The Bertz CT molecular complexity index is 199. The smallest absolute Gasteiger partial charge is 0.221 e. The molecule has 0 aromatic rings. The van der Waals surface area contributed by atoms with E-state index in [1.54, 1.807) is 0 Å². The summed E-state index contributed by atoms with van der Waals surface area (Å²) in [4.78, 5) is 13.5. The van der Waals surface area contributed by atoms with Gasteiger partial charge in [0, 0.05) is 39.1 Å². The van der Waals surface area contributed by atoms with E-state index in [0.29, 0.717) is 19.5 Å². The van der Waals surface area contributed by atoms with E-state index in [9.17, 15) is 4.79 Å². The molecule has 0 radical (unpaired) electrons. The van der Waals surface area contributed by atoms with Gasteiger partial charge in [0.2, 0.25) is 5.91 Å². The first-order valence-corrected chi connectivity index (χ1v) is 5.57. The van der Waals surface area contributed by atoms with Gasteiger partial charge in [0.25, 0.3) is 0 Å². The Hall–Kier alpha value is -0.650. The molecule has 0 spiro atoms.